The molecule has 0 aliphatic carbocycles. The molecular formula is C25H36O2. The maximum atomic E-state index is 6.00. The van der Waals surface area contributed by atoms with Gasteiger partial charge >= 0.3 is 0 Å². The normalized spacial score (nSPS) is 12.1. The second-order valence-corrected chi connectivity index (χ2v) is 7.28. The fourth-order valence-electron chi connectivity index (χ4n) is 3.09. The summed E-state index contributed by atoms with van der Waals surface area (Å²) >= 11 is 0. The van der Waals surface area contributed by atoms with Gasteiger partial charge in [-0.1, -0.05) is 82.3 Å². The zero-order valence-electron chi connectivity index (χ0n) is 17.4. The molecule has 0 saturated carbocycles. The molecule has 0 heterocycles. The van der Waals surface area contributed by atoms with Crippen LogP contribution in [0.3, 0.4) is 0 Å². The summed E-state index contributed by atoms with van der Waals surface area (Å²) in [6, 6.07) is 17.1. The van der Waals surface area contributed by atoms with Gasteiger partial charge in [0.15, 0.2) is 0 Å². The van der Waals surface area contributed by atoms with E-state index >= 15 is 0 Å². The molecule has 0 bridgehead atoms. The molecule has 0 fully saturated rings. The highest BCUT2D eigenvalue weighted by Crippen LogP contribution is 2.25. The van der Waals surface area contributed by atoms with E-state index in [4.69, 9.17) is 9.47 Å². The van der Waals surface area contributed by atoms with Gasteiger partial charge in [-0.2, -0.15) is 0 Å². The Labute approximate surface area is 165 Å². The molecule has 2 heteroatoms. The molecule has 0 aliphatic heterocycles. The highest BCUT2D eigenvalue weighted by atomic mass is 16.5. The molecular weight excluding hydrogens is 332 g/mol. The van der Waals surface area contributed by atoms with Gasteiger partial charge in [-0.15, -0.1) is 0 Å². The van der Waals surface area contributed by atoms with E-state index in [0.717, 1.165) is 38.2 Å². The van der Waals surface area contributed by atoms with Crippen LogP contribution in [0.2, 0.25) is 0 Å². The van der Waals surface area contributed by atoms with Crippen LogP contribution in [0.5, 0.6) is 5.75 Å². The number of unbranched alkanes of at least 4 members (excludes halogenated alkanes) is 5. The van der Waals surface area contributed by atoms with Gasteiger partial charge in [0.25, 0.3) is 0 Å². The first-order valence-corrected chi connectivity index (χ1v) is 10.7. The second-order valence-electron chi connectivity index (χ2n) is 7.28. The van der Waals surface area contributed by atoms with Crippen molar-refractivity contribution in [1.82, 2.24) is 0 Å². The Bertz CT molecular complexity index is 616. The molecule has 1 unspecified atom stereocenters. The molecule has 1 atom stereocenters. The molecule has 2 nitrogen and oxygen atoms in total. The summed E-state index contributed by atoms with van der Waals surface area (Å²) in [5.41, 5.74) is 3.69. The second kappa shape index (κ2) is 12.6. The molecule has 2 aromatic rings. The molecule has 0 aromatic heterocycles. The number of hydrogen-bond acceptors (Lipinski definition) is 2. The molecule has 0 saturated heterocycles. The van der Waals surface area contributed by atoms with Gasteiger partial charge in [0.2, 0.25) is 0 Å². The van der Waals surface area contributed by atoms with Crippen LogP contribution in [-0.2, 0) is 4.74 Å². The minimum atomic E-state index is 0.152. The van der Waals surface area contributed by atoms with Crippen molar-refractivity contribution in [2.24, 2.45) is 0 Å². The fourth-order valence-corrected chi connectivity index (χ4v) is 3.09. The Balaban J connectivity index is 1.81. The molecule has 27 heavy (non-hydrogen) atoms. The predicted octanol–water partition coefficient (Wildman–Crippen LogP) is 7.58. The van der Waals surface area contributed by atoms with Crippen molar-refractivity contribution >= 4 is 0 Å². The average molecular weight is 369 g/mol. The van der Waals surface area contributed by atoms with Crippen molar-refractivity contribution in [3.8, 4) is 16.9 Å². The first kappa shape index (κ1) is 21.5. The summed E-state index contributed by atoms with van der Waals surface area (Å²) in [4.78, 5) is 0. The minimum Gasteiger partial charge on any atom is -0.494 e. The molecule has 0 amide bonds. The highest BCUT2D eigenvalue weighted by Gasteiger charge is 2.06. The van der Waals surface area contributed by atoms with Gasteiger partial charge in [-0.05, 0) is 48.6 Å². The maximum absolute atomic E-state index is 6.00. The lowest BCUT2D eigenvalue weighted by atomic mass is 10.0. The van der Waals surface area contributed by atoms with Crippen molar-refractivity contribution < 1.29 is 9.47 Å². The van der Waals surface area contributed by atoms with Crippen LogP contribution < -0.4 is 4.74 Å². The fraction of sp³-hybridized carbons (Fsp3) is 0.520. The van der Waals surface area contributed by atoms with Gasteiger partial charge in [-0.25, -0.2) is 0 Å². The molecule has 2 rings (SSSR count). The standard InChI is InChI=1S/C25H36O2/c1-4-6-8-9-10-20-26-21(3)22-11-13-23(14-12-22)24-15-17-25(18-16-24)27-19-7-5-2/h11-18,21H,4-10,19-20H2,1-3H3. The van der Waals surface area contributed by atoms with E-state index in [1.165, 1.54) is 42.4 Å². The Morgan fingerprint density at radius 2 is 1.26 bits per heavy atom. The van der Waals surface area contributed by atoms with E-state index in [0.29, 0.717) is 0 Å². The van der Waals surface area contributed by atoms with Gasteiger partial charge in [0.1, 0.15) is 5.75 Å². The van der Waals surface area contributed by atoms with Crippen LogP contribution in [0.1, 0.15) is 77.4 Å². The van der Waals surface area contributed by atoms with E-state index in [-0.39, 0.29) is 6.10 Å². The number of rotatable bonds is 13. The Morgan fingerprint density at radius 3 is 1.89 bits per heavy atom. The molecule has 2 aromatic carbocycles. The number of hydrogen-bond donors (Lipinski definition) is 0. The van der Waals surface area contributed by atoms with Crippen LogP contribution in [0.15, 0.2) is 48.5 Å². The van der Waals surface area contributed by atoms with Crippen LogP contribution in [-0.4, -0.2) is 13.2 Å². The van der Waals surface area contributed by atoms with Crippen molar-refractivity contribution in [1.29, 1.82) is 0 Å². The summed E-state index contributed by atoms with van der Waals surface area (Å²) in [5.74, 6) is 0.949. The average Bonchev–Trinajstić information content (AvgIpc) is 2.71. The third-order valence-corrected chi connectivity index (χ3v) is 4.95. The zero-order valence-corrected chi connectivity index (χ0v) is 17.4. The third kappa shape index (κ3) is 7.76. The lowest BCUT2D eigenvalue weighted by Crippen LogP contribution is -2.01. The van der Waals surface area contributed by atoms with Crippen LogP contribution in [0.4, 0.5) is 0 Å². The van der Waals surface area contributed by atoms with E-state index in [1.807, 2.05) is 0 Å². The number of benzene rings is 2. The first-order valence-electron chi connectivity index (χ1n) is 10.7. The monoisotopic (exact) mass is 368 g/mol. The van der Waals surface area contributed by atoms with E-state index in [2.05, 4.69) is 69.3 Å². The molecule has 148 valence electrons. The lowest BCUT2D eigenvalue weighted by Gasteiger charge is -2.14. The van der Waals surface area contributed by atoms with Crippen molar-refractivity contribution in [3.05, 3.63) is 54.1 Å². The van der Waals surface area contributed by atoms with Gasteiger partial charge in [0, 0.05) is 6.61 Å². The summed E-state index contributed by atoms with van der Waals surface area (Å²) in [6.45, 7) is 8.21. The predicted molar refractivity (Wildman–Crippen MR) is 115 cm³/mol. The SMILES string of the molecule is CCCCCCCOC(C)c1ccc(-c2ccc(OCCCC)cc2)cc1. The lowest BCUT2D eigenvalue weighted by molar-refractivity contribution is 0.0627. The van der Waals surface area contributed by atoms with Gasteiger partial charge in [-0.3, -0.25) is 0 Å². The molecule has 0 aliphatic rings. The third-order valence-electron chi connectivity index (χ3n) is 4.95. The van der Waals surface area contributed by atoms with Crippen molar-refractivity contribution in [2.75, 3.05) is 13.2 Å². The Morgan fingerprint density at radius 1 is 0.667 bits per heavy atom. The Hall–Kier alpha value is -1.80. The molecule has 0 radical (unpaired) electrons. The maximum Gasteiger partial charge on any atom is 0.119 e. The highest BCUT2D eigenvalue weighted by molar-refractivity contribution is 5.64. The van der Waals surface area contributed by atoms with Crippen LogP contribution >= 0.6 is 0 Å². The molecule has 0 N–H and O–H groups in total. The smallest absolute Gasteiger partial charge is 0.119 e. The summed E-state index contributed by atoms with van der Waals surface area (Å²) < 4.78 is 11.7. The molecule has 0 spiro atoms. The minimum absolute atomic E-state index is 0.152. The summed E-state index contributed by atoms with van der Waals surface area (Å²) in [5, 5.41) is 0. The number of ether oxygens (including phenoxy) is 2. The van der Waals surface area contributed by atoms with Crippen molar-refractivity contribution in [3.63, 3.8) is 0 Å². The summed E-state index contributed by atoms with van der Waals surface area (Å²) in [6.07, 6.45) is 8.80. The topological polar surface area (TPSA) is 18.5 Å². The van der Waals surface area contributed by atoms with E-state index in [1.54, 1.807) is 0 Å². The van der Waals surface area contributed by atoms with E-state index < -0.39 is 0 Å². The Kier molecular flexibility index (Phi) is 10.0. The van der Waals surface area contributed by atoms with Crippen molar-refractivity contribution in [2.45, 2.75) is 71.8 Å². The van der Waals surface area contributed by atoms with Gasteiger partial charge < -0.3 is 9.47 Å². The van der Waals surface area contributed by atoms with Crippen LogP contribution in [0, 0.1) is 0 Å². The van der Waals surface area contributed by atoms with Crippen LogP contribution in [0.25, 0.3) is 11.1 Å². The zero-order chi connectivity index (χ0) is 19.3. The largest absolute Gasteiger partial charge is 0.494 e. The summed E-state index contributed by atoms with van der Waals surface area (Å²) in [7, 11) is 0. The quantitative estimate of drug-likeness (QED) is 0.339. The van der Waals surface area contributed by atoms with E-state index in [9.17, 15) is 0 Å². The first-order chi connectivity index (χ1) is 13.2. The van der Waals surface area contributed by atoms with Gasteiger partial charge in [0.05, 0.1) is 12.7 Å².